The van der Waals surface area contributed by atoms with Gasteiger partial charge in [-0.25, -0.2) is 4.68 Å². The number of carbonyl (C=O) groups is 2. The Bertz CT molecular complexity index is 1190. The van der Waals surface area contributed by atoms with Gasteiger partial charge in [-0.3, -0.25) is 9.59 Å². The van der Waals surface area contributed by atoms with Crippen LogP contribution in [0.2, 0.25) is 0 Å². The molecule has 0 aliphatic carbocycles. The molecule has 0 unspecified atom stereocenters. The van der Waals surface area contributed by atoms with Gasteiger partial charge in [0.15, 0.2) is 6.61 Å². The summed E-state index contributed by atoms with van der Waals surface area (Å²) < 4.78 is 7.43. The molecule has 0 bridgehead atoms. The summed E-state index contributed by atoms with van der Waals surface area (Å²) in [6.07, 6.45) is 6.55. The number of benzene rings is 2. The molecule has 1 saturated heterocycles. The number of aromatic nitrogens is 3. The van der Waals surface area contributed by atoms with Crippen LogP contribution in [0, 0.1) is 5.92 Å². The van der Waals surface area contributed by atoms with E-state index in [0.717, 1.165) is 35.2 Å². The van der Waals surface area contributed by atoms with Crippen molar-refractivity contribution >= 4 is 22.8 Å². The van der Waals surface area contributed by atoms with E-state index in [1.165, 1.54) is 0 Å². The summed E-state index contributed by atoms with van der Waals surface area (Å²) in [5.74, 6) is 0.779. The van der Waals surface area contributed by atoms with E-state index in [2.05, 4.69) is 27.8 Å². The summed E-state index contributed by atoms with van der Waals surface area (Å²) in [4.78, 5) is 27.5. The number of para-hydroxylation sites is 2. The summed E-state index contributed by atoms with van der Waals surface area (Å²) in [6, 6.07) is 15.4. The van der Waals surface area contributed by atoms with Crippen LogP contribution in [0.1, 0.15) is 18.4 Å². The minimum Gasteiger partial charge on any atom is -0.483 e. The van der Waals surface area contributed by atoms with Crippen LogP contribution in [-0.4, -0.2) is 57.4 Å². The second-order valence-corrected chi connectivity index (χ2v) is 8.61. The number of ether oxygens (including phenoxy) is 1. The molecular weight excluding hydrogens is 418 g/mol. The Morgan fingerprint density at radius 2 is 1.97 bits per heavy atom. The van der Waals surface area contributed by atoms with E-state index in [4.69, 9.17) is 4.74 Å². The number of hydrogen-bond acceptors (Lipinski definition) is 5. The van der Waals surface area contributed by atoms with Gasteiger partial charge >= 0.3 is 0 Å². The predicted molar refractivity (Wildman–Crippen MR) is 124 cm³/mol. The van der Waals surface area contributed by atoms with Crippen molar-refractivity contribution in [1.29, 1.82) is 0 Å². The third-order valence-electron chi connectivity index (χ3n) is 6.41. The molecule has 3 aromatic rings. The van der Waals surface area contributed by atoms with E-state index < -0.39 is 0 Å². The summed E-state index contributed by atoms with van der Waals surface area (Å²) in [5.41, 5.74) is 2.68. The molecule has 8 nitrogen and oxygen atoms in total. The highest BCUT2D eigenvalue weighted by molar-refractivity contribution is 5.80. The lowest BCUT2D eigenvalue weighted by Gasteiger charge is -2.38. The molecule has 2 atom stereocenters. The molecule has 0 spiro atoms. The lowest BCUT2D eigenvalue weighted by Crippen LogP contribution is -2.53. The molecule has 1 N–H and O–H groups in total. The van der Waals surface area contributed by atoms with Gasteiger partial charge in [0.05, 0.1) is 5.52 Å². The Kier molecular flexibility index (Phi) is 6.06. The Hall–Kier alpha value is -3.68. The van der Waals surface area contributed by atoms with Crippen LogP contribution in [0.15, 0.2) is 60.7 Å². The smallest absolute Gasteiger partial charge is 0.258 e. The van der Waals surface area contributed by atoms with Crippen LogP contribution >= 0.6 is 0 Å². The van der Waals surface area contributed by atoms with Crippen LogP contribution in [0.4, 0.5) is 0 Å². The maximum Gasteiger partial charge on any atom is 0.258 e. The van der Waals surface area contributed by atoms with Crippen molar-refractivity contribution in [2.75, 3.05) is 19.7 Å². The number of hydrogen-bond donors (Lipinski definition) is 1. The fourth-order valence-electron chi connectivity index (χ4n) is 4.64. The zero-order valence-electron chi connectivity index (χ0n) is 18.4. The van der Waals surface area contributed by atoms with E-state index in [1.54, 1.807) is 4.68 Å². The number of likely N-dealkylation sites (tertiary alicyclic amines) is 1. The van der Waals surface area contributed by atoms with Gasteiger partial charge in [0.2, 0.25) is 5.91 Å². The molecule has 170 valence electrons. The van der Waals surface area contributed by atoms with Gasteiger partial charge in [0.1, 0.15) is 17.8 Å². The normalized spacial score (nSPS) is 22.2. The van der Waals surface area contributed by atoms with Crippen molar-refractivity contribution in [1.82, 2.24) is 25.2 Å². The number of fused-ring (bicyclic) bond motifs is 3. The largest absolute Gasteiger partial charge is 0.483 e. The molecule has 1 fully saturated rings. The van der Waals surface area contributed by atoms with E-state index in [0.29, 0.717) is 19.5 Å². The predicted octanol–water partition coefficient (Wildman–Crippen LogP) is 2.35. The topological polar surface area (TPSA) is 89.4 Å². The molecule has 8 heteroatoms. The molecule has 33 heavy (non-hydrogen) atoms. The Balaban J connectivity index is 1.28. The van der Waals surface area contributed by atoms with Crippen molar-refractivity contribution < 1.29 is 14.3 Å². The van der Waals surface area contributed by atoms with E-state index in [-0.39, 0.29) is 36.9 Å². The first-order valence-electron chi connectivity index (χ1n) is 11.4. The Labute approximate surface area is 192 Å². The second-order valence-electron chi connectivity index (χ2n) is 8.61. The monoisotopic (exact) mass is 445 g/mol. The number of piperidine rings is 1. The van der Waals surface area contributed by atoms with Crippen molar-refractivity contribution in [3.63, 3.8) is 0 Å². The van der Waals surface area contributed by atoms with Gasteiger partial charge in [0.25, 0.3) is 5.91 Å². The number of nitrogens with zero attached hydrogens (tertiary/aromatic N) is 4. The van der Waals surface area contributed by atoms with Crippen molar-refractivity contribution in [3.05, 3.63) is 66.2 Å². The fraction of sp³-hybridized carbons (Fsp3) is 0.360. The van der Waals surface area contributed by atoms with Gasteiger partial charge in [-0.1, -0.05) is 47.7 Å². The highest BCUT2D eigenvalue weighted by Crippen LogP contribution is 2.24. The number of carbonyl (C=O) groups excluding carboxylic acids is 2. The molecule has 0 radical (unpaired) electrons. The first-order chi connectivity index (χ1) is 16.2. The summed E-state index contributed by atoms with van der Waals surface area (Å²) >= 11 is 0. The molecule has 2 aliphatic rings. The highest BCUT2D eigenvalue weighted by atomic mass is 16.5. The van der Waals surface area contributed by atoms with Gasteiger partial charge in [-0.05, 0) is 43.0 Å². The Morgan fingerprint density at radius 1 is 1.12 bits per heavy atom. The maximum atomic E-state index is 13.1. The van der Waals surface area contributed by atoms with Crippen LogP contribution in [0.3, 0.4) is 0 Å². The average molecular weight is 446 g/mol. The first-order valence-corrected chi connectivity index (χ1v) is 11.4. The second kappa shape index (κ2) is 9.44. The standard InChI is InChI=1S/C25H27N5O3/c31-24-17-33-23-12-6-3-8-18(23)7-1-2-9-19-15-29(14-13-20(19)26-24)25(32)16-30-22-11-5-4-10-21(22)27-28-30/h1-6,8,10-12,19-20H,7,9,13-17H2,(H,26,31)/b2-1+/t19-,20+/m0/s1. The number of rotatable bonds is 2. The molecule has 2 amide bonds. The van der Waals surface area contributed by atoms with Crippen LogP contribution in [0.5, 0.6) is 5.75 Å². The number of amides is 2. The maximum absolute atomic E-state index is 13.1. The molecule has 2 aromatic carbocycles. The summed E-state index contributed by atoms with van der Waals surface area (Å²) in [5, 5.41) is 11.4. The van der Waals surface area contributed by atoms with Crippen LogP contribution in [-0.2, 0) is 22.6 Å². The highest BCUT2D eigenvalue weighted by Gasteiger charge is 2.32. The van der Waals surface area contributed by atoms with Gasteiger partial charge in [-0.15, -0.1) is 5.10 Å². The lowest BCUT2D eigenvalue weighted by atomic mass is 9.88. The lowest BCUT2D eigenvalue weighted by molar-refractivity contribution is -0.134. The molecule has 3 heterocycles. The third-order valence-corrected chi connectivity index (χ3v) is 6.41. The number of allylic oxidation sites excluding steroid dienone is 2. The van der Waals surface area contributed by atoms with Crippen molar-refractivity contribution in [2.24, 2.45) is 5.92 Å². The van der Waals surface area contributed by atoms with Gasteiger partial charge in [-0.2, -0.15) is 0 Å². The van der Waals surface area contributed by atoms with Gasteiger partial charge in [0, 0.05) is 25.0 Å². The van der Waals surface area contributed by atoms with Gasteiger partial charge < -0.3 is 15.0 Å². The van der Waals surface area contributed by atoms with E-state index in [1.807, 2.05) is 53.4 Å². The summed E-state index contributed by atoms with van der Waals surface area (Å²) in [6.45, 7) is 1.34. The quantitative estimate of drug-likeness (QED) is 0.612. The molecule has 2 aliphatic heterocycles. The van der Waals surface area contributed by atoms with Crippen molar-refractivity contribution in [2.45, 2.75) is 31.8 Å². The zero-order chi connectivity index (χ0) is 22.6. The average Bonchev–Trinajstić information content (AvgIpc) is 3.24. The third kappa shape index (κ3) is 4.74. The molecule has 0 saturated carbocycles. The van der Waals surface area contributed by atoms with Crippen molar-refractivity contribution in [3.8, 4) is 5.75 Å². The molecular formula is C25H27N5O3. The van der Waals surface area contributed by atoms with Crippen LogP contribution < -0.4 is 10.1 Å². The van der Waals surface area contributed by atoms with E-state index in [9.17, 15) is 9.59 Å². The minimum atomic E-state index is -0.127. The number of nitrogens with one attached hydrogen (secondary N) is 1. The fourth-order valence-corrected chi connectivity index (χ4v) is 4.64. The Morgan fingerprint density at radius 3 is 2.91 bits per heavy atom. The van der Waals surface area contributed by atoms with Crippen LogP contribution in [0.25, 0.3) is 11.0 Å². The minimum absolute atomic E-state index is 0.00797. The summed E-state index contributed by atoms with van der Waals surface area (Å²) in [7, 11) is 0. The SMILES string of the molecule is O=C1COc2ccccc2C/C=C/C[C@H]2CN(C(=O)Cn3nnc4ccccc43)CC[C@H]2N1. The molecule has 5 rings (SSSR count). The van der Waals surface area contributed by atoms with E-state index >= 15 is 0 Å². The zero-order valence-corrected chi connectivity index (χ0v) is 18.4. The molecule has 1 aromatic heterocycles. The first kappa shape index (κ1) is 21.2.